The number of benzene rings is 1. The van der Waals surface area contributed by atoms with Crippen molar-refractivity contribution in [3.8, 4) is 0 Å². The molecule has 2 aliphatic rings. The van der Waals surface area contributed by atoms with Gasteiger partial charge in [-0.05, 0) is 0 Å². The Morgan fingerprint density at radius 3 is 2.55 bits per heavy atom. The fourth-order valence-corrected chi connectivity index (χ4v) is 3.08. The van der Waals surface area contributed by atoms with Crippen molar-refractivity contribution < 1.29 is 23.7 Å². The first-order valence-corrected chi connectivity index (χ1v) is 7.55. The first-order valence-electron chi connectivity index (χ1n) is 7.11. The van der Waals surface area contributed by atoms with Crippen LogP contribution >= 0.6 is 11.6 Å². The van der Waals surface area contributed by atoms with Crippen LogP contribution in [0.5, 0.6) is 0 Å². The molecular formula is C16H19ClO5. The second-order valence-electron chi connectivity index (χ2n) is 5.18. The average Bonchev–Trinajstić information content (AvgIpc) is 2.60. The van der Waals surface area contributed by atoms with Crippen LogP contribution < -0.4 is 0 Å². The zero-order valence-electron chi connectivity index (χ0n) is 12.5. The molecular weight excluding hydrogens is 308 g/mol. The number of hydrogen-bond acceptors (Lipinski definition) is 5. The van der Waals surface area contributed by atoms with Crippen molar-refractivity contribution in [2.75, 3.05) is 20.8 Å². The number of rotatable bonds is 3. The molecule has 2 saturated heterocycles. The van der Waals surface area contributed by atoms with E-state index in [2.05, 4.69) is 0 Å². The van der Waals surface area contributed by atoms with Gasteiger partial charge in [0.2, 0.25) is 0 Å². The van der Waals surface area contributed by atoms with Crippen LogP contribution in [0.3, 0.4) is 0 Å². The van der Waals surface area contributed by atoms with E-state index in [9.17, 15) is 0 Å². The Morgan fingerprint density at radius 1 is 1.14 bits per heavy atom. The van der Waals surface area contributed by atoms with Gasteiger partial charge >= 0.3 is 0 Å². The van der Waals surface area contributed by atoms with Gasteiger partial charge in [-0.1, -0.05) is 41.9 Å². The second-order valence-corrected chi connectivity index (χ2v) is 5.39. The number of fused-ring (bicyclic) bond motifs is 1. The van der Waals surface area contributed by atoms with E-state index in [0.717, 1.165) is 11.1 Å². The summed E-state index contributed by atoms with van der Waals surface area (Å²) in [5.74, 6) is 0. The number of halogens is 1. The van der Waals surface area contributed by atoms with Crippen molar-refractivity contribution >= 4 is 11.6 Å². The summed E-state index contributed by atoms with van der Waals surface area (Å²) in [6.07, 6.45) is -1.99. The lowest BCUT2D eigenvalue weighted by atomic mass is 9.96. The number of hydrogen-bond donors (Lipinski definition) is 0. The monoisotopic (exact) mass is 326 g/mol. The standard InChI is InChI=1S/C16H19ClO5/c1-18-14-11(8-17)13-12(21-16(14)19-2)9-20-15(22-13)10-6-4-3-5-7-10/h3-8,12-16H,9H2,1-2H3/b11-8-/t12-,13+,14-,15?,16+/m1/s1. The highest BCUT2D eigenvalue weighted by Crippen LogP contribution is 2.37. The van der Waals surface area contributed by atoms with Crippen molar-refractivity contribution in [3.63, 3.8) is 0 Å². The van der Waals surface area contributed by atoms with Crippen LogP contribution in [0.25, 0.3) is 0 Å². The maximum atomic E-state index is 6.07. The van der Waals surface area contributed by atoms with Gasteiger partial charge in [-0.25, -0.2) is 0 Å². The summed E-state index contributed by atoms with van der Waals surface area (Å²) in [4.78, 5) is 0. The predicted molar refractivity (Wildman–Crippen MR) is 80.4 cm³/mol. The van der Waals surface area contributed by atoms with Crippen LogP contribution in [0.2, 0.25) is 0 Å². The minimum absolute atomic E-state index is 0.277. The molecule has 0 bridgehead atoms. The Morgan fingerprint density at radius 2 is 1.91 bits per heavy atom. The molecule has 0 aliphatic carbocycles. The van der Waals surface area contributed by atoms with Crippen LogP contribution in [0.4, 0.5) is 0 Å². The summed E-state index contributed by atoms with van der Waals surface area (Å²) in [5.41, 5.74) is 3.25. The third-order valence-electron chi connectivity index (χ3n) is 3.92. The highest BCUT2D eigenvalue weighted by atomic mass is 35.5. The molecule has 120 valence electrons. The van der Waals surface area contributed by atoms with Gasteiger partial charge in [0.15, 0.2) is 12.6 Å². The Labute approximate surface area is 134 Å². The van der Waals surface area contributed by atoms with E-state index in [-0.39, 0.29) is 12.2 Å². The largest absolute Gasteiger partial charge is 0.372 e. The van der Waals surface area contributed by atoms with Crippen molar-refractivity contribution in [2.24, 2.45) is 0 Å². The van der Waals surface area contributed by atoms with Crippen molar-refractivity contribution in [3.05, 3.63) is 47.0 Å². The van der Waals surface area contributed by atoms with Crippen LogP contribution in [-0.4, -0.2) is 45.4 Å². The second kappa shape index (κ2) is 7.08. The summed E-state index contributed by atoms with van der Waals surface area (Å²) in [6.45, 7) is 0.398. The lowest BCUT2D eigenvalue weighted by molar-refractivity contribution is -0.316. The molecule has 1 aromatic rings. The van der Waals surface area contributed by atoms with Gasteiger partial charge < -0.3 is 23.7 Å². The SMILES string of the molecule is CO[C@H]1O[C@@H]2COC(c3ccccc3)O[C@H]2/C(=C/Cl)[C@H]1OC. The zero-order chi connectivity index (χ0) is 15.5. The quantitative estimate of drug-likeness (QED) is 0.854. The van der Waals surface area contributed by atoms with E-state index < -0.39 is 18.7 Å². The minimum atomic E-state index is -0.531. The molecule has 3 rings (SSSR count). The van der Waals surface area contributed by atoms with Gasteiger partial charge in [-0.2, -0.15) is 0 Å². The molecule has 1 unspecified atom stereocenters. The van der Waals surface area contributed by atoms with E-state index in [4.69, 9.17) is 35.3 Å². The molecule has 2 heterocycles. The molecule has 0 spiro atoms. The molecule has 2 fully saturated rings. The molecule has 6 heteroatoms. The Balaban J connectivity index is 1.82. The third kappa shape index (κ3) is 2.93. The van der Waals surface area contributed by atoms with Crippen LogP contribution in [0.1, 0.15) is 11.9 Å². The lowest BCUT2D eigenvalue weighted by Gasteiger charge is -2.45. The molecule has 0 N–H and O–H groups in total. The van der Waals surface area contributed by atoms with E-state index in [0.29, 0.717) is 6.61 Å². The minimum Gasteiger partial charge on any atom is -0.372 e. The first-order chi connectivity index (χ1) is 10.8. The maximum absolute atomic E-state index is 6.07. The molecule has 0 radical (unpaired) electrons. The maximum Gasteiger partial charge on any atom is 0.187 e. The van der Waals surface area contributed by atoms with Gasteiger partial charge in [-0.3, -0.25) is 0 Å². The smallest absolute Gasteiger partial charge is 0.187 e. The summed E-state index contributed by atoms with van der Waals surface area (Å²) in [5, 5.41) is 0. The van der Waals surface area contributed by atoms with E-state index in [1.807, 2.05) is 30.3 Å². The van der Waals surface area contributed by atoms with Gasteiger partial charge in [0, 0.05) is 30.9 Å². The fraction of sp³-hybridized carbons (Fsp3) is 0.500. The van der Waals surface area contributed by atoms with Gasteiger partial charge in [0.1, 0.15) is 18.3 Å². The van der Waals surface area contributed by atoms with Crippen molar-refractivity contribution in [1.29, 1.82) is 0 Å². The van der Waals surface area contributed by atoms with Crippen LogP contribution in [-0.2, 0) is 23.7 Å². The Kier molecular flexibility index (Phi) is 5.13. The Bertz CT molecular complexity index is 521. The zero-order valence-corrected chi connectivity index (χ0v) is 13.2. The summed E-state index contributed by atoms with van der Waals surface area (Å²) >= 11 is 6.02. The summed E-state index contributed by atoms with van der Waals surface area (Å²) < 4.78 is 28.5. The van der Waals surface area contributed by atoms with E-state index >= 15 is 0 Å². The van der Waals surface area contributed by atoms with E-state index in [1.54, 1.807) is 14.2 Å². The first kappa shape index (κ1) is 15.9. The van der Waals surface area contributed by atoms with Gasteiger partial charge in [0.25, 0.3) is 0 Å². The molecule has 2 aliphatic heterocycles. The summed E-state index contributed by atoms with van der Waals surface area (Å²) in [6, 6.07) is 9.77. The lowest BCUT2D eigenvalue weighted by Crippen LogP contribution is -2.55. The Hall–Kier alpha value is -0.950. The number of ether oxygens (including phenoxy) is 5. The normalized spacial score (nSPS) is 37.0. The topological polar surface area (TPSA) is 46.2 Å². The predicted octanol–water partition coefficient (Wildman–Crippen LogP) is 2.61. The molecule has 1 aromatic carbocycles. The molecule has 0 aromatic heterocycles. The van der Waals surface area contributed by atoms with Crippen molar-refractivity contribution in [2.45, 2.75) is 30.9 Å². The summed E-state index contributed by atoms with van der Waals surface area (Å²) in [7, 11) is 3.16. The van der Waals surface area contributed by atoms with Crippen molar-refractivity contribution in [1.82, 2.24) is 0 Å². The average molecular weight is 327 g/mol. The molecule has 0 saturated carbocycles. The highest BCUT2D eigenvalue weighted by molar-refractivity contribution is 6.25. The number of methoxy groups -OCH3 is 2. The van der Waals surface area contributed by atoms with Crippen LogP contribution in [0.15, 0.2) is 41.4 Å². The van der Waals surface area contributed by atoms with Crippen LogP contribution in [0, 0.1) is 0 Å². The van der Waals surface area contributed by atoms with Gasteiger partial charge in [-0.15, -0.1) is 0 Å². The molecule has 0 amide bonds. The van der Waals surface area contributed by atoms with E-state index in [1.165, 1.54) is 5.54 Å². The van der Waals surface area contributed by atoms with Gasteiger partial charge in [0.05, 0.1) is 6.61 Å². The molecule has 5 atom stereocenters. The molecule has 22 heavy (non-hydrogen) atoms. The fourth-order valence-electron chi connectivity index (χ4n) is 2.83. The molecule has 5 nitrogen and oxygen atoms in total. The third-order valence-corrected chi connectivity index (χ3v) is 4.17. The highest BCUT2D eigenvalue weighted by Gasteiger charge is 2.46.